The molecule has 18 heavy (non-hydrogen) atoms. The first kappa shape index (κ1) is 12.7. The molecule has 0 amide bonds. The molecule has 2 saturated heterocycles. The minimum absolute atomic E-state index is 0.816. The van der Waals surface area contributed by atoms with Gasteiger partial charge in [-0.1, -0.05) is 0 Å². The molecular formula is C14H21BrN2O. The summed E-state index contributed by atoms with van der Waals surface area (Å²) in [6.45, 7) is 1.96. The highest BCUT2D eigenvalue weighted by Crippen LogP contribution is 2.37. The highest BCUT2D eigenvalue weighted by molar-refractivity contribution is 9.10. The molecule has 0 spiro atoms. The van der Waals surface area contributed by atoms with Crippen molar-refractivity contribution in [2.75, 3.05) is 13.6 Å². The SMILES string of the molecule is CN1C2CCC1CC(CNCc1ccc(Br)o1)C2. The van der Waals surface area contributed by atoms with Crippen LogP contribution in [-0.4, -0.2) is 30.6 Å². The molecule has 4 heteroatoms. The lowest BCUT2D eigenvalue weighted by Crippen LogP contribution is -2.42. The summed E-state index contributed by atoms with van der Waals surface area (Å²) in [5.41, 5.74) is 0. The summed E-state index contributed by atoms with van der Waals surface area (Å²) in [4.78, 5) is 2.60. The van der Waals surface area contributed by atoms with Gasteiger partial charge in [0.2, 0.25) is 0 Å². The lowest BCUT2D eigenvalue weighted by molar-refractivity contribution is 0.132. The largest absolute Gasteiger partial charge is 0.453 e. The number of furan rings is 1. The Morgan fingerprint density at radius 1 is 1.33 bits per heavy atom. The van der Waals surface area contributed by atoms with E-state index in [4.69, 9.17) is 4.42 Å². The van der Waals surface area contributed by atoms with Gasteiger partial charge in [0.25, 0.3) is 0 Å². The van der Waals surface area contributed by atoms with Gasteiger partial charge in [-0.2, -0.15) is 0 Å². The van der Waals surface area contributed by atoms with E-state index in [1.807, 2.05) is 12.1 Å². The molecule has 2 unspecified atom stereocenters. The van der Waals surface area contributed by atoms with Gasteiger partial charge in [0.05, 0.1) is 6.54 Å². The molecule has 3 nitrogen and oxygen atoms in total. The summed E-state index contributed by atoms with van der Waals surface area (Å²) in [7, 11) is 2.30. The third-order valence-corrected chi connectivity index (χ3v) is 4.98. The van der Waals surface area contributed by atoms with E-state index < -0.39 is 0 Å². The molecule has 2 aliphatic heterocycles. The van der Waals surface area contributed by atoms with Crippen molar-refractivity contribution < 1.29 is 4.42 Å². The summed E-state index contributed by atoms with van der Waals surface area (Å²) in [6.07, 6.45) is 5.54. The van der Waals surface area contributed by atoms with E-state index in [1.54, 1.807) is 0 Å². The van der Waals surface area contributed by atoms with Crippen molar-refractivity contribution >= 4 is 15.9 Å². The molecule has 2 fully saturated rings. The van der Waals surface area contributed by atoms with E-state index in [9.17, 15) is 0 Å². The number of piperidine rings is 1. The number of halogens is 1. The molecule has 0 radical (unpaired) electrons. The van der Waals surface area contributed by atoms with Crippen molar-refractivity contribution in [1.82, 2.24) is 10.2 Å². The quantitative estimate of drug-likeness (QED) is 0.926. The molecule has 3 rings (SSSR count). The third-order valence-electron chi connectivity index (χ3n) is 4.56. The zero-order chi connectivity index (χ0) is 12.5. The maximum Gasteiger partial charge on any atom is 0.169 e. The monoisotopic (exact) mass is 312 g/mol. The fourth-order valence-electron chi connectivity index (χ4n) is 3.54. The Bertz CT molecular complexity index is 392. The van der Waals surface area contributed by atoms with E-state index in [2.05, 4.69) is 33.2 Å². The maximum absolute atomic E-state index is 5.49. The van der Waals surface area contributed by atoms with Gasteiger partial charge in [-0.25, -0.2) is 0 Å². The first-order valence-electron chi connectivity index (χ1n) is 6.89. The van der Waals surface area contributed by atoms with Crippen molar-refractivity contribution in [3.8, 4) is 0 Å². The fraction of sp³-hybridized carbons (Fsp3) is 0.714. The molecule has 2 atom stereocenters. The first-order chi connectivity index (χ1) is 8.72. The second-order valence-corrected chi connectivity index (χ2v) is 6.51. The highest BCUT2D eigenvalue weighted by atomic mass is 79.9. The number of nitrogens with one attached hydrogen (secondary N) is 1. The second-order valence-electron chi connectivity index (χ2n) is 5.72. The van der Waals surface area contributed by atoms with Gasteiger partial charge in [0, 0.05) is 12.1 Å². The van der Waals surface area contributed by atoms with E-state index in [1.165, 1.54) is 25.7 Å². The van der Waals surface area contributed by atoms with Crippen LogP contribution in [0.3, 0.4) is 0 Å². The average molecular weight is 313 g/mol. The van der Waals surface area contributed by atoms with Crippen molar-refractivity contribution in [2.45, 2.75) is 44.3 Å². The van der Waals surface area contributed by atoms with Crippen LogP contribution in [-0.2, 0) is 6.54 Å². The Labute approximate surface area is 117 Å². The molecular weight excluding hydrogens is 292 g/mol. The smallest absolute Gasteiger partial charge is 0.169 e. The Balaban J connectivity index is 1.44. The van der Waals surface area contributed by atoms with Gasteiger partial charge in [0.1, 0.15) is 5.76 Å². The minimum atomic E-state index is 0.816. The van der Waals surface area contributed by atoms with Crippen LogP contribution in [0.1, 0.15) is 31.4 Å². The van der Waals surface area contributed by atoms with Gasteiger partial charge in [-0.15, -0.1) is 0 Å². The topological polar surface area (TPSA) is 28.4 Å². The van der Waals surface area contributed by atoms with Crippen LogP contribution >= 0.6 is 15.9 Å². The molecule has 0 aliphatic carbocycles. The first-order valence-corrected chi connectivity index (χ1v) is 7.68. The lowest BCUT2D eigenvalue weighted by Gasteiger charge is -2.36. The van der Waals surface area contributed by atoms with E-state index >= 15 is 0 Å². The summed E-state index contributed by atoms with van der Waals surface area (Å²) < 4.78 is 6.31. The normalized spacial score (nSPS) is 32.0. The Kier molecular flexibility index (Phi) is 3.78. The number of rotatable bonds is 4. The summed E-state index contributed by atoms with van der Waals surface area (Å²) in [5.74, 6) is 1.86. The van der Waals surface area contributed by atoms with Crippen LogP contribution in [0, 0.1) is 5.92 Å². The van der Waals surface area contributed by atoms with Gasteiger partial charge < -0.3 is 14.6 Å². The fourth-order valence-corrected chi connectivity index (χ4v) is 3.88. The minimum Gasteiger partial charge on any atom is -0.453 e. The molecule has 1 N–H and O–H groups in total. The molecule has 100 valence electrons. The predicted molar refractivity (Wildman–Crippen MR) is 75.4 cm³/mol. The van der Waals surface area contributed by atoms with Crippen LogP contribution in [0.15, 0.2) is 21.2 Å². The predicted octanol–water partition coefficient (Wildman–Crippen LogP) is 3.00. The molecule has 2 aliphatic rings. The Hall–Kier alpha value is -0.320. The van der Waals surface area contributed by atoms with Crippen LogP contribution < -0.4 is 5.32 Å². The maximum atomic E-state index is 5.49. The van der Waals surface area contributed by atoms with Crippen LogP contribution in [0.5, 0.6) is 0 Å². The molecule has 1 aromatic rings. The number of fused-ring (bicyclic) bond motifs is 2. The van der Waals surface area contributed by atoms with Gasteiger partial charge in [0.15, 0.2) is 4.67 Å². The number of hydrogen-bond acceptors (Lipinski definition) is 3. The molecule has 0 aromatic carbocycles. The lowest BCUT2D eigenvalue weighted by atomic mass is 9.91. The summed E-state index contributed by atoms with van der Waals surface area (Å²) in [5, 5.41) is 3.54. The standard InChI is InChI=1S/C14H21BrN2O/c1-17-11-2-3-12(17)7-10(6-11)8-16-9-13-4-5-14(15)18-13/h4-5,10-12,16H,2-3,6-9H2,1H3. The van der Waals surface area contributed by atoms with Gasteiger partial charge in [-0.05, 0) is 73.3 Å². The van der Waals surface area contributed by atoms with E-state index in [0.717, 1.165) is 41.5 Å². The average Bonchev–Trinajstić information content (AvgIpc) is 2.82. The van der Waals surface area contributed by atoms with Crippen LogP contribution in [0.25, 0.3) is 0 Å². The van der Waals surface area contributed by atoms with Crippen molar-refractivity contribution in [2.24, 2.45) is 5.92 Å². The van der Waals surface area contributed by atoms with Crippen molar-refractivity contribution in [3.63, 3.8) is 0 Å². The molecule has 1 aromatic heterocycles. The molecule has 0 saturated carbocycles. The van der Waals surface area contributed by atoms with Crippen LogP contribution in [0.2, 0.25) is 0 Å². The summed E-state index contributed by atoms with van der Waals surface area (Å²) >= 11 is 3.33. The zero-order valence-electron chi connectivity index (χ0n) is 10.9. The van der Waals surface area contributed by atoms with E-state index in [0.29, 0.717) is 0 Å². The van der Waals surface area contributed by atoms with Crippen molar-refractivity contribution in [1.29, 1.82) is 0 Å². The highest BCUT2D eigenvalue weighted by Gasteiger charge is 2.37. The summed E-state index contributed by atoms with van der Waals surface area (Å²) in [6, 6.07) is 5.66. The van der Waals surface area contributed by atoms with E-state index in [-0.39, 0.29) is 0 Å². The Morgan fingerprint density at radius 2 is 2.06 bits per heavy atom. The van der Waals surface area contributed by atoms with Gasteiger partial charge >= 0.3 is 0 Å². The number of nitrogens with zero attached hydrogens (tertiary/aromatic N) is 1. The van der Waals surface area contributed by atoms with Gasteiger partial charge in [-0.3, -0.25) is 0 Å². The Morgan fingerprint density at radius 3 is 2.67 bits per heavy atom. The molecule has 2 bridgehead atoms. The van der Waals surface area contributed by atoms with Crippen LogP contribution in [0.4, 0.5) is 0 Å². The second kappa shape index (κ2) is 5.35. The zero-order valence-corrected chi connectivity index (χ0v) is 12.4. The third kappa shape index (κ3) is 2.65. The van der Waals surface area contributed by atoms with Crippen molar-refractivity contribution in [3.05, 3.63) is 22.6 Å². The number of hydrogen-bond donors (Lipinski definition) is 1. The molecule has 3 heterocycles.